The quantitative estimate of drug-likeness (QED) is 0.875. The van der Waals surface area contributed by atoms with Gasteiger partial charge in [-0.05, 0) is 37.8 Å². The Kier molecular flexibility index (Phi) is 3.88. The van der Waals surface area contributed by atoms with Crippen LogP contribution in [0.3, 0.4) is 0 Å². The second kappa shape index (κ2) is 5.81. The number of benzene rings is 1. The maximum atomic E-state index is 12.4. The van der Waals surface area contributed by atoms with Crippen molar-refractivity contribution in [3.05, 3.63) is 17.7 Å². The average Bonchev–Trinajstić information content (AvgIpc) is 2.94. The molecule has 2 aliphatic heterocycles. The Balaban J connectivity index is 1.75. The molecule has 3 rings (SSSR count). The summed E-state index contributed by atoms with van der Waals surface area (Å²) in [7, 11) is 0. The average molecular weight is 292 g/mol. The Morgan fingerprint density at radius 3 is 2.90 bits per heavy atom. The van der Waals surface area contributed by atoms with E-state index in [0.29, 0.717) is 23.7 Å². The number of piperidine rings is 1. The van der Waals surface area contributed by atoms with E-state index in [0.717, 1.165) is 24.8 Å². The van der Waals surface area contributed by atoms with Gasteiger partial charge in [-0.2, -0.15) is 0 Å². The maximum Gasteiger partial charge on any atom is 0.322 e. The van der Waals surface area contributed by atoms with Crippen LogP contribution in [0, 0.1) is 6.92 Å². The lowest BCUT2D eigenvalue weighted by Crippen LogP contribution is -2.47. The van der Waals surface area contributed by atoms with Crippen LogP contribution in [-0.4, -0.2) is 42.0 Å². The fourth-order valence-electron chi connectivity index (χ4n) is 2.82. The standard InChI is InChI=1S/C15H20N2O4/c1-10-6-13-14(21-9-20-13)7-12(10)16-15(19)17-5-3-2-4-11(17)8-18/h6-7,11,18H,2-5,8-9H2,1H3,(H,16,19). The fraction of sp³-hybridized carbons (Fsp3) is 0.533. The van der Waals surface area contributed by atoms with Gasteiger partial charge in [-0.25, -0.2) is 4.79 Å². The number of aryl methyl sites for hydroxylation is 1. The van der Waals surface area contributed by atoms with Gasteiger partial charge in [-0.1, -0.05) is 0 Å². The van der Waals surface area contributed by atoms with E-state index in [1.807, 2.05) is 13.0 Å². The zero-order valence-corrected chi connectivity index (χ0v) is 12.1. The Bertz CT molecular complexity index is 547. The van der Waals surface area contributed by atoms with Crippen LogP contribution in [0.2, 0.25) is 0 Å². The van der Waals surface area contributed by atoms with E-state index in [9.17, 15) is 9.90 Å². The van der Waals surface area contributed by atoms with Gasteiger partial charge in [-0.3, -0.25) is 0 Å². The Morgan fingerprint density at radius 2 is 2.14 bits per heavy atom. The first-order valence-electron chi connectivity index (χ1n) is 7.28. The molecule has 0 aliphatic carbocycles. The number of likely N-dealkylation sites (tertiary alicyclic amines) is 1. The molecule has 0 saturated carbocycles. The number of carbonyl (C=O) groups excluding carboxylic acids is 1. The summed E-state index contributed by atoms with van der Waals surface area (Å²) < 4.78 is 10.6. The summed E-state index contributed by atoms with van der Waals surface area (Å²) in [6, 6.07) is 3.38. The van der Waals surface area contributed by atoms with Crippen LogP contribution in [0.4, 0.5) is 10.5 Å². The molecule has 21 heavy (non-hydrogen) atoms. The van der Waals surface area contributed by atoms with E-state index < -0.39 is 0 Å². The van der Waals surface area contributed by atoms with Crippen molar-refractivity contribution in [2.45, 2.75) is 32.2 Å². The predicted octanol–water partition coefficient (Wildman–Crippen LogP) is 2.10. The highest BCUT2D eigenvalue weighted by molar-refractivity contribution is 5.91. The number of nitrogens with zero attached hydrogens (tertiary/aromatic N) is 1. The first-order valence-corrected chi connectivity index (χ1v) is 7.28. The minimum atomic E-state index is -0.171. The molecule has 1 aromatic rings. The molecule has 2 amide bonds. The van der Waals surface area contributed by atoms with Gasteiger partial charge < -0.3 is 24.8 Å². The van der Waals surface area contributed by atoms with E-state index in [1.54, 1.807) is 11.0 Å². The normalized spacial score (nSPS) is 20.5. The van der Waals surface area contributed by atoms with Crippen molar-refractivity contribution in [1.29, 1.82) is 0 Å². The molecular formula is C15H20N2O4. The maximum absolute atomic E-state index is 12.4. The molecule has 2 heterocycles. The Labute approximate surface area is 123 Å². The van der Waals surface area contributed by atoms with Crippen molar-refractivity contribution < 1.29 is 19.4 Å². The number of aliphatic hydroxyl groups excluding tert-OH is 1. The van der Waals surface area contributed by atoms with E-state index in [2.05, 4.69) is 5.32 Å². The van der Waals surface area contributed by atoms with Crippen molar-refractivity contribution in [2.75, 3.05) is 25.3 Å². The highest BCUT2D eigenvalue weighted by Crippen LogP contribution is 2.36. The van der Waals surface area contributed by atoms with Gasteiger partial charge in [0, 0.05) is 18.3 Å². The number of urea groups is 1. The van der Waals surface area contributed by atoms with Crippen molar-refractivity contribution in [1.82, 2.24) is 4.90 Å². The van der Waals surface area contributed by atoms with Gasteiger partial charge in [0.25, 0.3) is 0 Å². The number of anilines is 1. The predicted molar refractivity (Wildman–Crippen MR) is 77.8 cm³/mol. The van der Waals surface area contributed by atoms with Crippen LogP contribution in [-0.2, 0) is 0 Å². The minimum absolute atomic E-state index is 0.00748. The first-order chi connectivity index (χ1) is 10.2. The number of nitrogens with one attached hydrogen (secondary N) is 1. The molecule has 0 radical (unpaired) electrons. The van der Waals surface area contributed by atoms with Crippen LogP contribution < -0.4 is 14.8 Å². The lowest BCUT2D eigenvalue weighted by atomic mass is 10.0. The number of hydrogen-bond acceptors (Lipinski definition) is 4. The van der Waals surface area contributed by atoms with E-state index >= 15 is 0 Å². The van der Waals surface area contributed by atoms with Crippen molar-refractivity contribution in [3.8, 4) is 11.5 Å². The molecule has 0 spiro atoms. The molecule has 1 unspecified atom stereocenters. The zero-order chi connectivity index (χ0) is 14.8. The number of hydrogen-bond donors (Lipinski definition) is 2. The summed E-state index contributed by atoms with van der Waals surface area (Å²) in [5.74, 6) is 1.35. The van der Waals surface area contributed by atoms with Crippen LogP contribution in [0.5, 0.6) is 11.5 Å². The molecule has 114 valence electrons. The zero-order valence-electron chi connectivity index (χ0n) is 12.1. The Morgan fingerprint density at radius 1 is 1.38 bits per heavy atom. The molecule has 2 N–H and O–H groups in total. The molecule has 1 fully saturated rings. The van der Waals surface area contributed by atoms with E-state index in [1.165, 1.54) is 0 Å². The molecule has 1 atom stereocenters. The van der Waals surface area contributed by atoms with Crippen molar-refractivity contribution in [3.63, 3.8) is 0 Å². The largest absolute Gasteiger partial charge is 0.454 e. The summed E-state index contributed by atoms with van der Waals surface area (Å²) in [5, 5.41) is 12.3. The van der Waals surface area contributed by atoms with Crippen molar-refractivity contribution in [2.24, 2.45) is 0 Å². The molecule has 0 aromatic heterocycles. The molecular weight excluding hydrogens is 272 g/mol. The van der Waals surface area contributed by atoms with Crippen LogP contribution in [0.1, 0.15) is 24.8 Å². The number of carbonyl (C=O) groups is 1. The van der Waals surface area contributed by atoms with Gasteiger partial charge in [0.15, 0.2) is 11.5 Å². The third kappa shape index (κ3) is 2.76. The van der Waals surface area contributed by atoms with Gasteiger partial charge >= 0.3 is 6.03 Å². The second-order valence-corrected chi connectivity index (χ2v) is 5.48. The molecule has 1 aromatic carbocycles. The van der Waals surface area contributed by atoms with Gasteiger partial charge in [-0.15, -0.1) is 0 Å². The highest BCUT2D eigenvalue weighted by Gasteiger charge is 2.27. The summed E-state index contributed by atoms with van der Waals surface area (Å²) in [6.45, 7) is 2.82. The van der Waals surface area contributed by atoms with Gasteiger partial charge in [0.1, 0.15) is 0 Å². The molecule has 1 saturated heterocycles. The number of aliphatic hydroxyl groups is 1. The van der Waals surface area contributed by atoms with Crippen LogP contribution >= 0.6 is 0 Å². The third-order valence-corrected chi connectivity index (χ3v) is 4.06. The topological polar surface area (TPSA) is 71.0 Å². The fourth-order valence-corrected chi connectivity index (χ4v) is 2.82. The van der Waals surface area contributed by atoms with E-state index in [4.69, 9.17) is 9.47 Å². The van der Waals surface area contributed by atoms with Crippen molar-refractivity contribution >= 4 is 11.7 Å². The van der Waals surface area contributed by atoms with Crippen LogP contribution in [0.15, 0.2) is 12.1 Å². The molecule has 2 aliphatic rings. The molecule has 6 nitrogen and oxygen atoms in total. The lowest BCUT2D eigenvalue weighted by Gasteiger charge is -2.34. The number of fused-ring (bicyclic) bond motifs is 1. The second-order valence-electron chi connectivity index (χ2n) is 5.48. The van der Waals surface area contributed by atoms with Crippen LogP contribution in [0.25, 0.3) is 0 Å². The Hall–Kier alpha value is -1.95. The minimum Gasteiger partial charge on any atom is -0.454 e. The lowest BCUT2D eigenvalue weighted by molar-refractivity contribution is 0.115. The first kappa shape index (κ1) is 14.0. The number of ether oxygens (including phenoxy) is 2. The van der Waals surface area contributed by atoms with E-state index in [-0.39, 0.29) is 25.5 Å². The highest BCUT2D eigenvalue weighted by atomic mass is 16.7. The third-order valence-electron chi connectivity index (χ3n) is 4.06. The smallest absolute Gasteiger partial charge is 0.322 e. The monoisotopic (exact) mass is 292 g/mol. The summed E-state index contributed by atoms with van der Waals surface area (Å²) in [6.07, 6.45) is 2.88. The molecule has 0 bridgehead atoms. The SMILES string of the molecule is Cc1cc2c(cc1NC(=O)N1CCCCC1CO)OCO2. The van der Waals surface area contributed by atoms with Gasteiger partial charge in [0.05, 0.1) is 12.6 Å². The number of amides is 2. The summed E-state index contributed by atoms with van der Waals surface area (Å²) >= 11 is 0. The number of rotatable bonds is 2. The molecule has 6 heteroatoms. The summed E-state index contributed by atoms with van der Waals surface area (Å²) in [4.78, 5) is 14.1. The summed E-state index contributed by atoms with van der Waals surface area (Å²) in [5.41, 5.74) is 1.64. The van der Waals surface area contributed by atoms with Gasteiger partial charge in [0.2, 0.25) is 6.79 Å².